The van der Waals surface area contributed by atoms with Crippen molar-refractivity contribution >= 4 is 21.9 Å². The molecule has 8 heteroatoms. The van der Waals surface area contributed by atoms with Gasteiger partial charge >= 0.3 is 5.97 Å². The van der Waals surface area contributed by atoms with Crippen molar-refractivity contribution < 1.29 is 22.7 Å². The first kappa shape index (κ1) is 22.7. The van der Waals surface area contributed by atoms with Gasteiger partial charge in [0.25, 0.3) is 5.91 Å². The van der Waals surface area contributed by atoms with E-state index in [1.54, 1.807) is 26.1 Å². The molecule has 2 aliphatic rings. The number of benzene rings is 1. The Labute approximate surface area is 179 Å². The Hall–Kier alpha value is -1.93. The Balaban J connectivity index is 1.80. The lowest BCUT2D eigenvalue weighted by atomic mass is 9.96. The van der Waals surface area contributed by atoms with Crippen molar-refractivity contribution in [2.45, 2.75) is 81.2 Å². The van der Waals surface area contributed by atoms with Crippen molar-refractivity contribution in [1.82, 2.24) is 9.62 Å². The van der Waals surface area contributed by atoms with Crippen LogP contribution in [0.4, 0.5) is 0 Å². The fraction of sp³-hybridized carbons (Fsp3) is 0.636. The molecular formula is C22H32N2O5S. The Bertz CT molecular complexity index is 871. The van der Waals surface area contributed by atoms with Crippen LogP contribution < -0.4 is 5.32 Å². The fourth-order valence-corrected chi connectivity index (χ4v) is 5.98. The zero-order chi connectivity index (χ0) is 21.8. The largest absolute Gasteiger partial charge is 0.464 e. The Morgan fingerprint density at radius 2 is 1.80 bits per heavy atom. The summed E-state index contributed by atoms with van der Waals surface area (Å²) in [5.41, 5.74) is -0.801. The average Bonchev–Trinajstić information content (AvgIpc) is 3.24. The van der Waals surface area contributed by atoms with Gasteiger partial charge in [0.1, 0.15) is 5.54 Å². The van der Waals surface area contributed by atoms with E-state index in [0.717, 1.165) is 44.9 Å². The lowest BCUT2D eigenvalue weighted by Gasteiger charge is -2.30. The molecule has 1 N–H and O–H groups in total. The van der Waals surface area contributed by atoms with Gasteiger partial charge in [0.2, 0.25) is 10.0 Å². The molecule has 2 aliphatic carbocycles. The van der Waals surface area contributed by atoms with Crippen molar-refractivity contribution in [1.29, 1.82) is 0 Å². The van der Waals surface area contributed by atoms with Gasteiger partial charge in [0.05, 0.1) is 11.5 Å². The Morgan fingerprint density at radius 1 is 1.13 bits per heavy atom. The molecule has 2 fully saturated rings. The highest BCUT2D eigenvalue weighted by Crippen LogP contribution is 2.32. The molecule has 0 aromatic heterocycles. The van der Waals surface area contributed by atoms with Gasteiger partial charge in [-0.15, -0.1) is 0 Å². The van der Waals surface area contributed by atoms with E-state index >= 15 is 0 Å². The van der Waals surface area contributed by atoms with Crippen molar-refractivity contribution in [3.8, 4) is 0 Å². The van der Waals surface area contributed by atoms with E-state index in [-0.39, 0.29) is 23.1 Å². The predicted octanol–water partition coefficient (Wildman–Crippen LogP) is 3.25. The number of nitrogens with zero attached hydrogens (tertiary/aromatic N) is 1. The van der Waals surface area contributed by atoms with E-state index in [4.69, 9.17) is 4.74 Å². The number of nitrogens with one attached hydrogen (secondary N) is 1. The van der Waals surface area contributed by atoms with Crippen molar-refractivity contribution in [3.05, 3.63) is 29.8 Å². The lowest BCUT2D eigenvalue weighted by Crippen LogP contribution is -2.53. The number of hydrogen-bond donors (Lipinski definition) is 1. The van der Waals surface area contributed by atoms with Crippen LogP contribution in [0.1, 0.15) is 75.1 Å². The predicted molar refractivity (Wildman–Crippen MR) is 114 cm³/mol. The van der Waals surface area contributed by atoms with Crippen molar-refractivity contribution in [2.75, 3.05) is 13.7 Å². The van der Waals surface area contributed by atoms with Gasteiger partial charge in [-0.2, -0.15) is 4.31 Å². The van der Waals surface area contributed by atoms with Gasteiger partial charge in [-0.3, -0.25) is 4.79 Å². The van der Waals surface area contributed by atoms with Crippen LogP contribution in [-0.4, -0.2) is 49.8 Å². The quantitative estimate of drug-likeness (QED) is 0.663. The first-order chi connectivity index (χ1) is 14.3. The van der Waals surface area contributed by atoms with Gasteiger partial charge in [-0.1, -0.05) is 38.2 Å². The van der Waals surface area contributed by atoms with Crippen LogP contribution in [0.5, 0.6) is 0 Å². The van der Waals surface area contributed by atoms with E-state index in [0.29, 0.717) is 12.8 Å². The second kappa shape index (κ2) is 9.47. The number of rotatable bonds is 7. The zero-order valence-electron chi connectivity index (χ0n) is 17.9. The topological polar surface area (TPSA) is 92.8 Å². The van der Waals surface area contributed by atoms with Crippen LogP contribution in [0.25, 0.3) is 0 Å². The van der Waals surface area contributed by atoms with Crippen molar-refractivity contribution in [2.24, 2.45) is 0 Å². The summed E-state index contributed by atoms with van der Waals surface area (Å²) in [6, 6.07) is 6.05. The highest BCUT2D eigenvalue weighted by Gasteiger charge is 2.44. The maximum absolute atomic E-state index is 13.1. The summed E-state index contributed by atoms with van der Waals surface area (Å²) in [6.45, 7) is 1.98. The summed E-state index contributed by atoms with van der Waals surface area (Å²) in [4.78, 5) is 25.5. The van der Waals surface area contributed by atoms with E-state index in [2.05, 4.69) is 5.32 Å². The van der Waals surface area contributed by atoms with Crippen LogP contribution in [0.3, 0.4) is 0 Å². The summed E-state index contributed by atoms with van der Waals surface area (Å²) in [5, 5.41) is 2.84. The molecule has 0 saturated heterocycles. The molecule has 1 aromatic carbocycles. The molecule has 0 aliphatic heterocycles. The van der Waals surface area contributed by atoms with Crippen molar-refractivity contribution in [3.63, 3.8) is 0 Å². The molecule has 1 amide bonds. The summed E-state index contributed by atoms with van der Waals surface area (Å²) in [6.07, 6.45) is 7.64. The van der Waals surface area contributed by atoms with Crippen LogP contribution in [0.2, 0.25) is 0 Å². The van der Waals surface area contributed by atoms with Crippen LogP contribution in [0, 0.1) is 0 Å². The number of carbonyl (C=O) groups excluding carboxylic acids is 2. The van der Waals surface area contributed by atoms with Gasteiger partial charge < -0.3 is 10.1 Å². The fourth-order valence-electron chi connectivity index (χ4n) is 4.52. The molecule has 166 valence electrons. The third-order valence-corrected chi connectivity index (χ3v) is 8.24. The third kappa shape index (κ3) is 4.70. The Kier molecular flexibility index (Phi) is 7.18. The highest BCUT2D eigenvalue weighted by atomic mass is 32.2. The molecular weight excluding hydrogens is 404 g/mol. The number of esters is 1. The SMILES string of the molecule is CCOC(=O)C1(NC(=O)c2cccc(S(=O)(=O)N(C)C3CCCCC3)c2)CCCC1. The normalized spacial score (nSPS) is 19.6. The summed E-state index contributed by atoms with van der Waals surface area (Å²) >= 11 is 0. The van der Waals surface area contributed by atoms with Gasteiger partial charge in [-0.25, -0.2) is 13.2 Å². The molecule has 2 saturated carbocycles. The minimum Gasteiger partial charge on any atom is -0.464 e. The first-order valence-corrected chi connectivity index (χ1v) is 12.3. The van der Waals surface area contributed by atoms with Gasteiger partial charge in [0, 0.05) is 18.7 Å². The Morgan fingerprint density at radius 3 is 2.43 bits per heavy atom. The van der Waals surface area contributed by atoms with Crippen LogP contribution in [0.15, 0.2) is 29.2 Å². The van der Waals surface area contributed by atoms with E-state index in [9.17, 15) is 18.0 Å². The van der Waals surface area contributed by atoms with Crippen LogP contribution in [-0.2, 0) is 19.6 Å². The molecule has 30 heavy (non-hydrogen) atoms. The zero-order valence-corrected chi connectivity index (χ0v) is 18.7. The van der Waals surface area contributed by atoms with Gasteiger partial charge in [0.15, 0.2) is 0 Å². The number of carbonyl (C=O) groups is 2. The van der Waals surface area contributed by atoms with E-state index in [1.165, 1.54) is 16.4 Å². The average molecular weight is 437 g/mol. The van der Waals surface area contributed by atoms with E-state index in [1.807, 2.05) is 0 Å². The second-order valence-electron chi connectivity index (χ2n) is 8.30. The third-order valence-electron chi connectivity index (χ3n) is 6.34. The van der Waals surface area contributed by atoms with E-state index < -0.39 is 27.4 Å². The molecule has 3 rings (SSSR count). The van der Waals surface area contributed by atoms with Gasteiger partial charge in [-0.05, 0) is 50.8 Å². The minimum atomic E-state index is -3.70. The molecule has 0 atom stereocenters. The smallest absolute Gasteiger partial charge is 0.331 e. The standard InChI is InChI=1S/C22H32N2O5S/c1-3-29-21(26)22(14-7-8-15-22)23-20(25)17-10-9-13-19(16-17)30(27,28)24(2)18-11-5-4-6-12-18/h9-10,13,16,18H,3-8,11-12,14-15H2,1-2H3,(H,23,25). The number of sulfonamides is 1. The molecule has 0 bridgehead atoms. The highest BCUT2D eigenvalue weighted by molar-refractivity contribution is 7.89. The summed E-state index contributed by atoms with van der Waals surface area (Å²) < 4.78 is 32.9. The maximum atomic E-state index is 13.1. The lowest BCUT2D eigenvalue weighted by molar-refractivity contribution is -0.150. The second-order valence-corrected chi connectivity index (χ2v) is 10.3. The molecule has 0 unspecified atom stereocenters. The molecule has 1 aromatic rings. The first-order valence-electron chi connectivity index (χ1n) is 10.9. The minimum absolute atomic E-state index is 0.00759. The summed E-state index contributed by atoms with van der Waals surface area (Å²) in [5.74, 6) is -0.876. The molecule has 7 nitrogen and oxygen atoms in total. The number of ether oxygens (including phenoxy) is 1. The maximum Gasteiger partial charge on any atom is 0.331 e. The number of hydrogen-bond acceptors (Lipinski definition) is 5. The summed E-state index contributed by atoms with van der Waals surface area (Å²) in [7, 11) is -2.08. The van der Waals surface area contributed by atoms with Crippen LogP contribution >= 0.6 is 0 Å². The molecule has 0 radical (unpaired) electrons. The monoisotopic (exact) mass is 436 g/mol. The molecule has 0 heterocycles. The molecule has 0 spiro atoms. The number of amides is 1.